The highest BCUT2D eigenvalue weighted by atomic mass is 16.3. The van der Waals surface area contributed by atoms with Crippen molar-refractivity contribution < 1.29 is 5.11 Å². The maximum absolute atomic E-state index is 9.32. The second-order valence-corrected chi connectivity index (χ2v) is 4.35. The molecule has 1 aromatic carbocycles. The van der Waals surface area contributed by atoms with Gasteiger partial charge < -0.3 is 5.11 Å². The smallest absolute Gasteiger partial charge is 0.0545 e. The second-order valence-electron chi connectivity index (χ2n) is 4.35. The highest BCUT2D eigenvalue weighted by Crippen LogP contribution is 2.30. The first kappa shape index (κ1) is 10.7. The Morgan fingerprint density at radius 1 is 1.33 bits per heavy atom. The van der Waals surface area contributed by atoms with Gasteiger partial charge in [0.1, 0.15) is 0 Å². The minimum atomic E-state index is 0.212. The highest BCUT2D eigenvalue weighted by Gasteiger charge is 2.26. The molecule has 1 saturated heterocycles. The van der Waals surface area contributed by atoms with Crippen LogP contribution in [0.15, 0.2) is 24.3 Å². The van der Waals surface area contributed by atoms with E-state index in [4.69, 9.17) is 0 Å². The van der Waals surface area contributed by atoms with Crippen molar-refractivity contribution >= 4 is 0 Å². The van der Waals surface area contributed by atoms with Crippen LogP contribution in [0, 0.1) is 12.8 Å². The van der Waals surface area contributed by atoms with Gasteiger partial charge in [-0.15, -0.1) is 0 Å². The second kappa shape index (κ2) is 4.77. The van der Waals surface area contributed by atoms with E-state index in [1.165, 1.54) is 11.1 Å². The largest absolute Gasteiger partial charge is 0.396 e. The molecule has 81 valence electrons. The van der Waals surface area contributed by atoms with Crippen molar-refractivity contribution in [1.82, 2.24) is 5.32 Å². The van der Waals surface area contributed by atoms with Gasteiger partial charge in [0.05, 0.1) is 6.04 Å². The summed E-state index contributed by atoms with van der Waals surface area (Å²) in [5, 5.41) is 13.9. The molecule has 2 heteroatoms. The third kappa shape index (κ3) is 2.39. The van der Waals surface area contributed by atoms with Crippen molar-refractivity contribution in [2.45, 2.75) is 25.8 Å². The van der Waals surface area contributed by atoms with Crippen molar-refractivity contribution in [2.24, 2.45) is 5.92 Å². The van der Waals surface area contributed by atoms with E-state index in [1.54, 1.807) is 0 Å². The van der Waals surface area contributed by atoms with E-state index in [9.17, 15) is 5.11 Å². The maximum atomic E-state index is 9.32. The summed E-state index contributed by atoms with van der Waals surface area (Å²) in [5.41, 5.74) is 2.52. The molecule has 0 bridgehead atoms. The van der Waals surface area contributed by atoms with Crippen LogP contribution in [0.1, 0.15) is 30.0 Å². The molecule has 0 saturated carbocycles. The quantitative estimate of drug-likeness (QED) is 0.786. The Morgan fingerprint density at radius 3 is 2.73 bits per heavy atom. The molecule has 1 fully saturated rings. The van der Waals surface area contributed by atoms with Gasteiger partial charge in [0.2, 0.25) is 0 Å². The van der Waals surface area contributed by atoms with Gasteiger partial charge in [-0.05, 0) is 25.3 Å². The molecule has 1 heterocycles. The van der Waals surface area contributed by atoms with Crippen LogP contribution in [0.5, 0.6) is 0 Å². The molecule has 2 atom stereocenters. The molecule has 1 aliphatic heterocycles. The molecule has 1 aromatic rings. The number of aliphatic hydroxyl groups is 1. The van der Waals surface area contributed by atoms with E-state index in [2.05, 4.69) is 36.5 Å². The monoisotopic (exact) mass is 204 g/mol. The molecule has 0 aliphatic carbocycles. The summed E-state index contributed by atoms with van der Waals surface area (Å²) < 4.78 is 0. The van der Waals surface area contributed by atoms with Crippen molar-refractivity contribution in [2.75, 3.05) is 13.2 Å². The maximum Gasteiger partial charge on any atom is 0.0545 e. The zero-order valence-electron chi connectivity index (χ0n) is 9.19. The van der Waals surface area contributed by atoms with E-state index in [1.807, 2.05) is 0 Å². The predicted molar refractivity (Wildman–Crippen MR) is 60.7 cm³/mol. The van der Waals surface area contributed by atoms with Crippen LogP contribution >= 0.6 is 0 Å². The molecule has 15 heavy (non-hydrogen) atoms. The molecular weight excluding hydrogens is 186 g/mol. The first-order valence-corrected chi connectivity index (χ1v) is 5.65. The Hall–Kier alpha value is -0.860. The minimum absolute atomic E-state index is 0.212. The molecule has 0 spiro atoms. The summed E-state index contributed by atoms with van der Waals surface area (Å²) in [7, 11) is 0. The Balaban J connectivity index is 2.16. The SMILES string of the molecule is Cc1ccc(C2[N]CCCC2CO)cc1. The van der Waals surface area contributed by atoms with Gasteiger partial charge in [-0.1, -0.05) is 29.8 Å². The van der Waals surface area contributed by atoms with E-state index < -0.39 is 0 Å². The van der Waals surface area contributed by atoms with Crippen LogP contribution in [0.25, 0.3) is 0 Å². The fourth-order valence-electron chi connectivity index (χ4n) is 2.22. The Morgan fingerprint density at radius 2 is 2.07 bits per heavy atom. The van der Waals surface area contributed by atoms with Crippen molar-refractivity contribution in [3.05, 3.63) is 35.4 Å². The number of hydrogen-bond acceptors (Lipinski definition) is 1. The lowest BCUT2D eigenvalue weighted by molar-refractivity contribution is 0.158. The van der Waals surface area contributed by atoms with Crippen LogP contribution in [0.4, 0.5) is 0 Å². The van der Waals surface area contributed by atoms with E-state index in [0.29, 0.717) is 5.92 Å². The lowest BCUT2D eigenvalue weighted by Crippen LogP contribution is -2.31. The Kier molecular flexibility index (Phi) is 3.39. The molecule has 1 aliphatic rings. The molecule has 2 rings (SSSR count). The first-order valence-electron chi connectivity index (χ1n) is 5.65. The predicted octanol–water partition coefficient (Wildman–Crippen LogP) is 2.04. The topological polar surface area (TPSA) is 34.3 Å². The number of aryl methyl sites for hydroxylation is 1. The van der Waals surface area contributed by atoms with Gasteiger partial charge in [-0.3, -0.25) is 0 Å². The zero-order valence-corrected chi connectivity index (χ0v) is 9.19. The van der Waals surface area contributed by atoms with Gasteiger partial charge in [0.15, 0.2) is 0 Å². The van der Waals surface area contributed by atoms with Crippen LogP contribution in [-0.4, -0.2) is 18.3 Å². The number of aliphatic hydroxyl groups excluding tert-OH is 1. The third-order valence-corrected chi connectivity index (χ3v) is 3.16. The van der Waals surface area contributed by atoms with E-state index >= 15 is 0 Å². The van der Waals surface area contributed by atoms with Crippen molar-refractivity contribution in [1.29, 1.82) is 0 Å². The summed E-state index contributed by atoms with van der Waals surface area (Å²) in [4.78, 5) is 0. The molecule has 0 aromatic heterocycles. The van der Waals surface area contributed by atoms with Gasteiger partial charge in [-0.2, -0.15) is 0 Å². The average Bonchev–Trinajstić information content (AvgIpc) is 2.30. The number of nitrogens with zero attached hydrogens (tertiary/aromatic N) is 1. The highest BCUT2D eigenvalue weighted by molar-refractivity contribution is 5.25. The van der Waals surface area contributed by atoms with Crippen molar-refractivity contribution in [3.63, 3.8) is 0 Å². The molecule has 0 amide bonds. The molecular formula is C13H18NO. The molecule has 1 N–H and O–H groups in total. The molecule has 2 nitrogen and oxygen atoms in total. The van der Waals surface area contributed by atoms with Crippen molar-refractivity contribution in [3.8, 4) is 0 Å². The van der Waals surface area contributed by atoms with Crippen LogP contribution in [-0.2, 0) is 0 Å². The Labute approximate surface area is 91.3 Å². The van der Waals surface area contributed by atoms with Gasteiger partial charge in [0, 0.05) is 19.1 Å². The van der Waals surface area contributed by atoms with E-state index in [-0.39, 0.29) is 12.6 Å². The van der Waals surface area contributed by atoms with Crippen LogP contribution < -0.4 is 5.32 Å². The zero-order chi connectivity index (χ0) is 10.7. The summed E-state index contributed by atoms with van der Waals surface area (Å²) in [5.74, 6) is 0.321. The fraction of sp³-hybridized carbons (Fsp3) is 0.538. The Bertz CT molecular complexity index is 307. The van der Waals surface area contributed by atoms with Crippen LogP contribution in [0.3, 0.4) is 0 Å². The van der Waals surface area contributed by atoms with Gasteiger partial charge >= 0.3 is 0 Å². The lowest BCUT2D eigenvalue weighted by atomic mass is 9.87. The first-order chi connectivity index (χ1) is 7.31. The minimum Gasteiger partial charge on any atom is -0.396 e. The van der Waals surface area contributed by atoms with Gasteiger partial charge in [0.25, 0.3) is 0 Å². The number of hydrogen-bond donors (Lipinski definition) is 1. The van der Waals surface area contributed by atoms with Crippen LogP contribution in [0.2, 0.25) is 0 Å². The average molecular weight is 204 g/mol. The molecule has 2 unspecified atom stereocenters. The summed E-state index contributed by atoms with van der Waals surface area (Å²) >= 11 is 0. The normalized spacial score (nSPS) is 26.5. The lowest BCUT2D eigenvalue weighted by Gasteiger charge is -2.30. The number of rotatable bonds is 2. The standard InChI is InChI=1S/C13H18NO/c1-10-4-6-11(7-5-10)13-12(9-15)3-2-8-14-13/h4-7,12-13,15H,2-3,8-9H2,1H3. The summed E-state index contributed by atoms with van der Waals surface area (Å²) in [6.45, 7) is 3.28. The summed E-state index contributed by atoms with van der Waals surface area (Å²) in [6.07, 6.45) is 2.21. The number of piperidine rings is 1. The third-order valence-electron chi connectivity index (χ3n) is 3.16. The van der Waals surface area contributed by atoms with Gasteiger partial charge in [-0.25, -0.2) is 5.32 Å². The van der Waals surface area contributed by atoms with E-state index in [0.717, 1.165) is 19.4 Å². The fourth-order valence-corrected chi connectivity index (χ4v) is 2.22. The summed E-state index contributed by atoms with van der Waals surface area (Å²) in [6, 6.07) is 8.72. The number of benzene rings is 1. The molecule has 1 radical (unpaired) electrons.